The van der Waals surface area contributed by atoms with E-state index in [0.29, 0.717) is 25.9 Å². The van der Waals surface area contributed by atoms with Crippen LogP contribution in [-0.2, 0) is 29.2 Å². The zero-order valence-corrected chi connectivity index (χ0v) is 30.2. The van der Waals surface area contributed by atoms with E-state index in [1.165, 1.54) is 9.21 Å². The highest BCUT2D eigenvalue weighted by molar-refractivity contribution is 7.89. The van der Waals surface area contributed by atoms with Crippen molar-refractivity contribution in [2.75, 3.05) is 25.4 Å². The molecule has 2 heterocycles. The number of Topliss-reactive ketones (excluding diaryl/α,β-unsaturated/α-hetero) is 1. The second kappa shape index (κ2) is 13.3. The Bertz CT molecular complexity index is 1360. The molecule has 0 radical (unpaired) electrons. The molecular formula is C33H56N6O7S. The molecule has 13 nitrogen and oxygen atoms in total. The summed E-state index contributed by atoms with van der Waals surface area (Å²) in [5.41, 5.74) is 3.89. The summed E-state index contributed by atoms with van der Waals surface area (Å²) in [6, 6.07) is -4.10. The Hall–Kier alpha value is -2.74. The maximum atomic E-state index is 14.3. The highest BCUT2D eigenvalue weighted by Crippen LogP contribution is 2.65. The van der Waals surface area contributed by atoms with Crippen LogP contribution in [0.25, 0.3) is 0 Å². The molecule has 266 valence electrons. The van der Waals surface area contributed by atoms with E-state index in [-0.39, 0.29) is 35.5 Å². The van der Waals surface area contributed by atoms with Gasteiger partial charge in [0.1, 0.15) is 12.1 Å². The number of amides is 5. The van der Waals surface area contributed by atoms with Crippen molar-refractivity contribution in [3.05, 3.63) is 0 Å². The summed E-state index contributed by atoms with van der Waals surface area (Å²) in [5.74, 6) is -2.65. The Morgan fingerprint density at radius 2 is 1.55 bits per heavy atom. The number of carbonyl (C=O) groups is 5. The molecule has 4 aliphatic rings. The summed E-state index contributed by atoms with van der Waals surface area (Å²) < 4.78 is 26.9. The molecule has 4 rings (SSSR count). The van der Waals surface area contributed by atoms with Crippen LogP contribution in [0.1, 0.15) is 93.9 Å². The molecule has 6 atom stereocenters. The average molecular weight is 681 g/mol. The SMILES string of the molecule is CC(C)(C)[C@H](NC(=O)N[C@H](CN1CCCCS1(=O)=O)C(C)(C)C)C(=O)N1CC2[C@@H]([C@H]1C(=O)NC(CC1CCC1)C(=O)C(N)=O)C2(C)C. The van der Waals surface area contributed by atoms with Gasteiger partial charge in [-0.15, -0.1) is 0 Å². The number of fused-ring (bicyclic) bond motifs is 1. The fourth-order valence-corrected chi connectivity index (χ4v) is 9.08. The molecule has 4 fully saturated rings. The topological polar surface area (TPSA) is 188 Å². The Morgan fingerprint density at radius 1 is 0.915 bits per heavy atom. The second-order valence-electron chi connectivity index (χ2n) is 16.9. The van der Waals surface area contributed by atoms with Crippen LogP contribution in [0.3, 0.4) is 0 Å². The number of rotatable bonds is 11. The number of hydrogen-bond donors (Lipinski definition) is 4. The van der Waals surface area contributed by atoms with Crippen molar-refractivity contribution in [3.63, 3.8) is 0 Å². The van der Waals surface area contributed by atoms with Crippen LogP contribution >= 0.6 is 0 Å². The van der Waals surface area contributed by atoms with Crippen molar-refractivity contribution in [2.24, 2.45) is 39.7 Å². The van der Waals surface area contributed by atoms with Crippen LogP contribution in [0, 0.1) is 34.0 Å². The largest absolute Gasteiger partial charge is 0.363 e. The van der Waals surface area contributed by atoms with Gasteiger partial charge in [-0.1, -0.05) is 74.7 Å². The molecule has 2 unspecified atom stereocenters. The highest BCUT2D eigenvalue weighted by atomic mass is 32.2. The monoisotopic (exact) mass is 680 g/mol. The highest BCUT2D eigenvalue weighted by Gasteiger charge is 2.70. The van der Waals surface area contributed by atoms with Crippen LogP contribution in [0.4, 0.5) is 4.79 Å². The summed E-state index contributed by atoms with van der Waals surface area (Å²) in [7, 11) is -3.42. The van der Waals surface area contributed by atoms with Gasteiger partial charge in [0.25, 0.3) is 5.91 Å². The smallest absolute Gasteiger partial charge is 0.315 e. The maximum Gasteiger partial charge on any atom is 0.315 e. The number of hydrogen-bond acceptors (Lipinski definition) is 7. The Labute approximate surface area is 279 Å². The van der Waals surface area contributed by atoms with E-state index in [4.69, 9.17) is 5.73 Å². The molecule has 0 spiro atoms. The number of primary amides is 1. The fourth-order valence-electron chi connectivity index (χ4n) is 7.47. The van der Waals surface area contributed by atoms with Gasteiger partial charge in [-0.3, -0.25) is 19.2 Å². The number of likely N-dealkylation sites (tertiary alicyclic amines) is 1. The van der Waals surface area contributed by atoms with Crippen LogP contribution in [0.2, 0.25) is 0 Å². The van der Waals surface area contributed by atoms with Crippen LogP contribution in [0.5, 0.6) is 0 Å². The summed E-state index contributed by atoms with van der Waals surface area (Å²) in [6.07, 6.45) is 4.54. The van der Waals surface area contributed by atoms with E-state index in [0.717, 1.165) is 25.7 Å². The number of sulfonamides is 1. The van der Waals surface area contributed by atoms with Gasteiger partial charge in [0, 0.05) is 25.7 Å². The third-order valence-electron chi connectivity index (χ3n) is 11.0. The van der Waals surface area contributed by atoms with Crippen molar-refractivity contribution in [2.45, 2.75) is 118 Å². The van der Waals surface area contributed by atoms with E-state index in [1.54, 1.807) is 0 Å². The zero-order chi connectivity index (χ0) is 35.3. The lowest BCUT2D eigenvalue weighted by atomic mass is 9.80. The molecule has 5 N–H and O–H groups in total. The lowest BCUT2D eigenvalue weighted by molar-refractivity contribution is -0.145. The molecule has 14 heteroatoms. The van der Waals surface area contributed by atoms with Crippen molar-refractivity contribution in [1.29, 1.82) is 0 Å². The van der Waals surface area contributed by atoms with E-state index >= 15 is 0 Å². The normalized spacial score (nSPS) is 27.4. The number of piperidine rings is 1. The first-order chi connectivity index (χ1) is 21.6. The van der Waals surface area contributed by atoms with Crippen molar-refractivity contribution in [1.82, 2.24) is 25.2 Å². The van der Waals surface area contributed by atoms with Crippen molar-refractivity contribution in [3.8, 4) is 0 Å². The van der Waals surface area contributed by atoms with E-state index in [9.17, 15) is 32.4 Å². The molecular weight excluding hydrogens is 624 g/mol. The van der Waals surface area contributed by atoms with Gasteiger partial charge < -0.3 is 26.6 Å². The summed E-state index contributed by atoms with van der Waals surface area (Å²) in [4.78, 5) is 67.9. The lowest BCUT2D eigenvalue weighted by Crippen LogP contribution is -2.63. The zero-order valence-electron chi connectivity index (χ0n) is 29.4. The van der Waals surface area contributed by atoms with Crippen molar-refractivity contribution < 1.29 is 32.4 Å². The van der Waals surface area contributed by atoms with Gasteiger partial charge in [-0.05, 0) is 53.3 Å². The van der Waals surface area contributed by atoms with Gasteiger partial charge in [-0.2, -0.15) is 4.31 Å². The van der Waals surface area contributed by atoms with Gasteiger partial charge in [-0.25, -0.2) is 13.2 Å². The minimum absolute atomic E-state index is 0.0605. The molecule has 47 heavy (non-hydrogen) atoms. The molecule has 2 saturated heterocycles. The molecule has 0 bridgehead atoms. The van der Waals surface area contributed by atoms with Crippen molar-refractivity contribution >= 4 is 39.6 Å². The maximum absolute atomic E-state index is 14.3. The Morgan fingerprint density at radius 3 is 2.06 bits per heavy atom. The van der Waals surface area contributed by atoms with E-state index in [2.05, 4.69) is 16.0 Å². The Kier molecular flexibility index (Phi) is 10.5. The molecule has 2 aliphatic carbocycles. The molecule has 0 aromatic carbocycles. The molecule has 0 aromatic rings. The number of ketones is 1. The van der Waals surface area contributed by atoms with Gasteiger partial charge in [0.05, 0.1) is 11.8 Å². The number of carbonyl (C=O) groups excluding carboxylic acids is 5. The number of nitrogens with two attached hydrogens (primary N) is 1. The third kappa shape index (κ3) is 8.12. The van der Waals surface area contributed by atoms with Crippen LogP contribution in [-0.4, -0.2) is 96.7 Å². The molecule has 5 amide bonds. The predicted molar refractivity (Wildman–Crippen MR) is 177 cm³/mol. The van der Waals surface area contributed by atoms with E-state index in [1.807, 2.05) is 55.4 Å². The van der Waals surface area contributed by atoms with Crippen LogP contribution in [0.15, 0.2) is 0 Å². The first-order valence-electron chi connectivity index (χ1n) is 17.0. The number of nitrogens with zero attached hydrogens (tertiary/aromatic N) is 2. The molecule has 0 aromatic heterocycles. The number of urea groups is 1. The minimum Gasteiger partial charge on any atom is -0.363 e. The molecule has 2 aliphatic heterocycles. The Balaban J connectivity index is 1.52. The van der Waals surface area contributed by atoms with Gasteiger partial charge >= 0.3 is 6.03 Å². The average Bonchev–Trinajstić information content (AvgIpc) is 3.24. The van der Waals surface area contributed by atoms with Gasteiger partial charge in [0.2, 0.25) is 27.6 Å². The minimum atomic E-state index is -3.42. The summed E-state index contributed by atoms with van der Waals surface area (Å²) >= 11 is 0. The lowest BCUT2D eigenvalue weighted by Gasteiger charge is -2.39. The summed E-state index contributed by atoms with van der Waals surface area (Å²) in [6.45, 7) is 16.2. The first kappa shape index (κ1) is 37.1. The standard InChI is InChI=1S/C33H56N6O7S/c1-31(2,3)22(18-38-14-9-10-15-47(38,45)46)36-30(44)37-26(32(4,5)6)29(43)39-17-20-23(33(20,7)8)24(39)28(42)35-21(25(40)27(34)41)16-19-12-11-13-19/h19-24,26H,9-18H2,1-8H3,(H2,34,41)(H,35,42)(H2,36,37,44)/t20?,21?,22-,23+,24+,26-/m1/s1. The fraction of sp³-hybridized carbons (Fsp3) is 0.848. The van der Waals surface area contributed by atoms with Gasteiger partial charge in [0.15, 0.2) is 0 Å². The first-order valence-corrected chi connectivity index (χ1v) is 18.7. The van der Waals surface area contributed by atoms with E-state index < -0.39 is 74.6 Å². The second-order valence-corrected chi connectivity index (χ2v) is 19.0. The van der Waals surface area contributed by atoms with Crippen LogP contribution < -0.4 is 21.7 Å². The molecule has 2 saturated carbocycles. The predicted octanol–water partition coefficient (Wildman–Crippen LogP) is 1.75. The number of nitrogens with one attached hydrogen (secondary N) is 3. The summed E-state index contributed by atoms with van der Waals surface area (Å²) in [5, 5.41) is 8.60. The third-order valence-corrected chi connectivity index (χ3v) is 12.9. The quantitative estimate of drug-likeness (QED) is 0.239.